The third kappa shape index (κ3) is 4.19. The monoisotopic (exact) mass is 329 g/mol. The van der Waals surface area contributed by atoms with Gasteiger partial charge in [-0.15, -0.1) is 0 Å². The highest BCUT2D eigenvalue weighted by Gasteiger charge is 2.16. The van der Waals surface area contributed by atoms with E-state index in [2.05, 4.69) is 5.32 Å². The number of rotatable bonds is 6. The van der Waals surface area contributed by atoms with Crippen molar-refractivity contribution in [3.05, 3.63) is 47.5 Å². The minimum Gasteiger partial charge on any atom is -0.506 e. The first-order chi connectivity index (χ1) is 11.4. The van der Waals surface area contributed by atoms with Crippen molar-refractivity contribution in [2.75, 3.05) is 19.5 Å². The molecule has 0 aliphatic carbocycles. The first-order valence-electron chi connectivity index (χ1n) is 7.76. The van der Waals surface area contributed by atoms with Crippen LogP contribution in [0.3, 0.4) is 0 Å². The Morgan fingerprint density at radius 3 is 2.50 bits per heavy atom. The van der Waals surface area contributed by atoms with E-state index in [0.717, 1.165) is 11.1 Å². The highest BCUT2D eigenvalue weighted by Crippen LogP contribution is 2.29. The van der Waals surface area contributed by atoms with Crippen molar-refractivity contribution in [3.63, 3.8) is 0 Å². The van der Waals surface area contributed by atoms with Crippen LogP contribution in [0.25, 0.3) is 0 Å². The summed E-state index contributed by atoms with van der Waals surface area (Å²) in [6.07, 6.45) is 0.554. The number of benzene rings is 2. The zero-order valence-corrected chi connectivity index (χ0v) is 14.4. The SMILES string of the molecule is COc1ccc(CC(C)C(=O)Nc2cc(C)ccc2O)cc1OC. The number of nitrogens with one attached hydrogen (secondary N) is 1. The number of ether oxygens (including phenoxy) is 2. The molecular weight excluding hydrogens is 306 g/mol. The van der Waals surface area contributed by atoms with E-state index in [4.69, 9.17) is 9.47 Å². The molecule has 5 heteroatoms. The Balaban J connectivity index is 2.07. The summed E-state index contributed by atoms with van der Waals surface area (Å²) in [5.74, 6) is 0.947. The molecule has 0 spiro atoms. The van der Waals surface area contributed by atoms with Gasteiger partial charge in [-0.05, 0) is 48.7 Å². The highest BCUT2D eigenvalue weighted by molar-refractivity contribution is 5.93. The van der Waals surface area contributed by atoms with Gasteiger partial charge >= 0.3 is 0 Å². The Morgan fingerprint density at radius 1 is 1.12 bits per heavy atom. The third-order valence-corrected chi connectivity index (χ3v) is 3.85. The van der Waals surface area contributed by atoms with Crippen LogP contribution in [0.15, 0.2) is 36.4 Å². The smallest absolute Gasteiger partial charge is 0.227 e. The number of aryl methyl sites for hydroxylation is 1. The zero-order valence-electron chi connectivity index (χ0n) is 14.4. The molecule has 2 N–H and O–H groups in total. The van der Waals surface area contributed by atoms with Crippen molar-refractivity contribution < 1.29 is 19.4 Å². The molecule has 2 aromatic carbocycles. The van der Waals surface area contributed by atoms with E-state index in [1.165, 1.54) is 0 Å². The molecule has 24 heavy (non-hydrogen) atoms. The van der Waals surface area contributed by atoms with Gasteiger partial charge in [0.1, 0.15) is 5.75 Å². The van der Waals surface area contributed by atoms with Crippen LogP contribution in [0.2, 0.25) is 0 Å². The Hall–Kier alpha value is -2.69. The summed E-state index contributed by atoms with van der Waals surface area (Å²) in [4.78, 5) is 12.4. The maximum absolute atomic E-state index is 12.4. The molecule has 0 bridgehead atoms. The molecule has 1 atom stereocenters. The van der Waals surface area contributed by atoms with Gasteiger partial charge in [-0.2, -0.15) is 0 Å². The van der Waals surface area contributed by atoms with E-state index in [1.807, 2.05) is 32.0 Å². The zero-order chi connectivity index (χ0) is 17.7. The summed E-state index contributed by atoms with van der Waals surface area (Å²) in [5.41, 5.74) is 2.37. The molecule has 0 fully saturated rings. The molecule has 2 aromatic rings. The van der Waals surface area contributed by atoms with Gasteiger partial charge in [0.05, 0.1) is 19.9 Å². The van der Waals surface area contributed by atoms with Crippen LogP contribution in [0, 0.1) is 12.8 Å². The van der Waals surface area contributed by atoms with Crippen LogP contribution in [0.5, 0.6) is 17.2 Å². The largest absolute Gasteiger partial charge is 0.506 e. The average Bonchev–Trinajstić information content (AvgIpc) is 2.57. The number of methoxy groups -OCH3 is 2. The number of hydrogen-bond donors (Lipinski definition) is 2. The van der Waals surface area contributed by atoms with Gasteiger partial charge in [0, 0.05) is 5.92 Å². The van der Waals surface area contributed by atoms with Crippen molar-refractivity contribution in [2.45, 2.75) is 20.3 Å². The van der Waals surface area contributed by atoms with Crippen LogP contribution >= 0.6 is 0 Å². The number of hydrogen-bond acceptors (Lipinski definition) is 4. The van der Waals surface area contributed by atoms with E-state index < -0.39 is 0 Å². The Labute approximate surface area is 142 Å². The topological polar surface area (TPSA) is 67.8 Å². The second-order valence-corrected chi connectivity index (χ2v) is 5.80. The van der Waals surface area contributed by atoms with Crippen molar-refractivity contribution >= 4 is 11.6 Å². The number of phenols is 1. The second kappa shape index (κ2) is 7.73. The van der Waals surface area contributed by atoms with Crippen molar-refractivity contribution in [1.29, 1.82) is 0 Å². The fraction of sp³-hybridized carbons (Fsp3) is 0.316. The second-order valence-electron chi connectivity index (χ2n) is 5.80. The van der Waals surface area contributed by atoms with Crippen LogP contribution in [0.1, 0.15) is 18.1 Å². The predicted molar refractivity (Wildman–Crippen MR) is 93.9 cm³/mol. The number of phenolic OH excluding ortho intramolecular Hbond substituents is 1. The van der Waals surface area contributed by atoms with Crippen LogP contribution in [-0.4, -0.2) is 25.2 Å². The third-order valence-electron chi connectivity index (χ3n) is 3.85. The maximum atomic E-state index is 12.4. The Bertz CT molecular complexity index is 727. The van der Waals surface area contributed by atoms with Gasteiger partial charge in [-0.1, -0.05) is 19.1 Å². The van der Waals surface area contributed by atoms with E-state index in [9.17, 15) is 9.90 Å². The predicted octanol–water partition coefficient (Wildman–Crippen LogP) is 3.54. The molecule has 0 aliphatic heterocycles. The van der Waals surface area contributed by atoms with E-state index in [-0.39, 0.29) is 17.6 Å². The van der Waals surface area contributed by atoms with E-state index >= 15 is 0 Å². The number of anilines is 1. The molecule has 0 saturated heterocycles. The average molecular weight is 329 g/mol. The minimum atomic E-state index is -0.261. The number of carbonyl (C=O) groups excluding carboxylic acids is 1. The lowest BCUT2D eigenvalue weighted by atomic mass is 9.99. The standard InChI is InChI=1S/C19H23NO4/c1-12-5-7-16(21)15(9-12)20-19(22)13(2)10-14-6-8-17(23-3)18(11-14)24-4/h5-9,11,13,21H,10H2,1-4H3,(H,20,22). The fourth-order valence-corrected chi connectivity index (χ4v) is 2.46. The lowest BCUT2D eigenvalue weighted by Gasteiger charge is -2.15. The molecular formula is C19H23NO4. The van der Waals surface area contributed by atoms with Gasteiger partial charge in [0.25, 0.3) is 0 Å². The molecule has 128 valence electrons. The van der Waals surface area contributed by atoms with Crippen LogP contribution in [-0.2, 0) is 11.2 Å². The molecule has 0 aliphatic rings. The summed E-state index contributed by atoms with van der Waals surface area (Å²) in [5, 5.41) is 12.6. The minimum absolute atomic E-state index is 0.0623. The van der Waals surface area contributed by atoms with Gasteiger partial charge in [-0.25, -0.2) is 0 Å². The van der Waals surface area contributed by atoms with Crippen molar-refractivity contribution in [3.8, 4) is 17.2 Å². The molecule has 1 unspecified atom stereocenters. The summed E-state index contributed by atoms with van der Waals surface area (Å²) in [7, 11) is 3.17. The first kappa shape index (κ1) is 17.7. The number of carbonyl (C=O) groups is 1. The molecule has 0 aromatic heterocycles. The van der Waals surface area contributed by atoms with Gasteiger partial charge in [-0.3, -0.25) is 4.79 Å². The molecule has 0 saturated carbocycles. The molecule has 1 amide bonds. The van der Waals surface area contributed by atoms with Crippen molar-refractivity contribution in [2.24, 2.45) is 5.92 Å². The maximum Gasteiger partial charge on any atom is 0.227 e. The first-order valence-corrected chi connectivity index (χ1v) is 7.76. The van der Waals surface area contributed by atoms with Gasteiger partial charge < -0.3 is 19.9 Å². The Morgan fingerprint density at radius 2 is 1.83 bits per heavy atom. The molecule has 0 radical (unpaired) electrons. The van der Waals surface area contributed by atoms with Gasteiger partial charge in [0.15, 0.2) is 11.5 Å². The van der Waals surface area contributed by atoms with E-state index in [1.54, 1.807) is 32.4 Å². The van der Waals surface area contributed by atoms with E-state index in [0.29, 0.717) is 23.6 Å². The lowest BCUT2D eigenvalue weighted by molar-refractivity contribution is -0.119. The fourth-order valence-electron chi connectivity index (χ4n) is 2.46. The molecule has 5 nitrogen and oxygen atoms in total. The Kier molecular flexibility index (Phi) is 5.68. The summed E-state index contributed by atoms with van der Waals surface area (Å²) in [6.45, 7) is 3.75. The van der Waals surface area contributed by atoms with Crippen LogP contribution in [0.4, 0.5) is 5.69 Å². The van der Waals surface area contributed by atoms with Gasteiger partial charge in [0.2, 0.25) is 5.91 Å². The lowest BCUT2D eigenvalue weighted by Crippen LogP contribution is -2.22. The quantitative estimate of drug-likeness (QED) is 0.796. The normalized spacial score (nSPS) is 11.7. The molecule has 0 heterocycles. The number of aromatic hydroxyl groups is 1. The van der Waals surface area contributed by atoms with Crippen LogP contribution < -0.4 is 14.8 Å². The van der Waals surface area contributed by atoms with Crippen molar-refractivity contribution in [1.82, 2.24) is 0 Å². The number of amides is 1. The summed E-state index contributed by atoms with van der Waals surface area (Å²) >= 11 is 0. The summed E-state index contributed by atoms with van der Waals surface area (Å²) < 4.78 is 10.5. The summed E-state index contributed by atoms with van der Waals surface area (Å²) in [6, 6.07) is 10.7. The highest BCUT2D eigenvalue weighted by atomic mass is 16.5. The molecule has 2 rings (SSSR count).